The molecule has 5 nitrogen and oxygen atoms in total. The van der Waals surface area contributed by atoms with E-state index in [0.717, 1.165) is 0 Å². The Kier molecular flexibility index (Phi) is 6.09. The number of carbonyl (C=O) groups excluding carboxylic acids is 1. The third-order valence-corrected chi connectivity index (χ3v) is 3.28. The van der Waals surface area contributed by atoms with Gasteiger partial charge in [-0.1, -0.05) is 0 Å². The summed E-state index contributed by atoms with van der Waals surface area (Å²) in [5.74, 6) is 0. The van der Waals surface area contributed by atoms with Gasteiger partial charge in [-0.2, -0.15) is 13.2 Å². The molecule has 2 atom stereocenters. The van der Waals surface area contributed by atoms with Gasteiger partial charge < -0.3 is 14.7 Å². The summed E-state index contributed by atoms with van der Waals surface area (Å²) in [6.45, 7) is 8.29. The minimum atomic E-state index is -4.37. The standard InChI is InChI=1S/C14H25F3N2O3/c1-10-8-18(9-11(20)7-14(15,16)17)5-6-19(10)12(21)22-13(2,3)4/h10-11,20H,5-9H2,1-4H3/t10-,11+/m0/s1. The fourth-order valence-electron chi connectivity index (χ4n) is 2.42. The van der Waals surface area contributed by atoms with E-state index in [2.05, 4.69) is 0 Å². The predicted molar refractivity (Wildman–Crippen MR) is 75.5 cm³/mol. The molecule has 0 aromatic rings. The van der Waals surface area contributed by atoms with Crippen LogP contribution in [0.5, 0.6) is 0 Å². The molecule has 8 heteroatoms. The van der Waals surface area contributed by atoms with Gasteiger partial charge in [0.15, 0.2) is 0 Å². The molecule has 0 saturated carbocycles. The van der Waals surface area contributed by atoms with E-state index in [9.17, 15) is 23.1 Å². The first-order chi connectivity index (χ1) is 9.87. The Bertz CT molecular complexity index is 383. The van der Waals surface area contributed by atoms with Crippen molar-refractivity contribution in [1.29, 1.82) is 0 Å². The lowest BCUT2D eigenvalue weighted by Crippen LogP contribution is -2.56. The van der Waals surface area contributed by atoms with Crippen LogP contribution in [0.4, 0.5) is 18.0 Å². The summed E-state index contributed by atoms with van der Waals surface area (Å²) in [5, 5.41) is 9.48. The van der Waals surface area contributed by atoms with E-state index in [4.69, 9.17) is 4.74 Å². The Hall–Kier alpha value is -1.02. The summed E-state index contributed by atoms with van der Waals surface area (Å²) >= 11 is 0. The minimum absolute atomic E-state index is 0.0496. The number of hydrogen-bond acceptors (Lipinski definition) is 4. The molecular weight excluding hydrogens is 301 g/mol. The molecule has 0 spiro atoms. The normalized spacial score (nSPS) is 22.5. The molecule has 0 aromatic heterocycles. The summed E-state index contributed by atoms with van der Waals surface area (Å²) in [4.78, 5) is 15.3. The lowest BCUT2D eigenvalue weighted by Gasteiger charge is -2.40. The van der Waals surface area contributed by atoms with Crippen molar-refractivity contribution >= 4 is 6.09 Å². The smallest absolute Gasteiger partial charge is 0.410 e. The number of aliphatic hydroxyl groups excluding tert-OH is 1. The maximum Gasteiger partial charge on any atom is 0.410 e. The highest BCUT2D eigenvalue weighted by Crippen LogP contribution is 2.22. The summed E-state index contributed by atoms with van der Waals surface area (Å²) in [5.41, 5.74) is -0.586. The van der Waals surface area contributed by atoms with Crippen LogP contribution in [0.25, 0.3) is 0 Å². The molecule has 1 aliphatic rings. The maximum atomic E-state index is 12.2. The second-order valence-corrected chi connectivity index (χ2v) is 6.76. The zero-order chi connectivity index (χ0) is 17.1. The van der Waals surface area contributed by atoms with Crippen LogP contribution in [0.2, 0.25) is 0 Å². The van der Waals surface area contributed by atoms with E-state index in [1.165, 1.54) is 0 Å². The number of amides is 1. The number of aliphatic hydroxyl groups is 1. The SMILES string of the molecule is C[C@H]1CN(C[C@H](O)CC(F)(F)F)CCN1C(=O)OC(C)(C)C. The Labute approximate surface area is 129 Å². The van der Waals surface area contributed by atoms with Crippen molar-refractivity contribution in [3.8, 4) is 0 Å². The van der Waals surface area contributed by atoms with Gasteiger partial charge in [-0.3, -0.25) is 4.90 Å². The number of ether oxygens (including phenoxy) is 1. The van der Waals surface area contributed by atoms with Crippen LogP contribution in [-0.2, 0) is 4.74 Å². The Balaban J connectivity index is 2.47. The van der Waals surface area contributed by atoms with Crippen LogP contribution in [0, 0.1) is 0 Å². The summed E-state index contributed by atoms with van der Waals surface area (Å²) in [6.07, 6.45) is -7.45. The molecular formula is C14H25F3N2O3. The lowest BCUT2D eigenvalue weighted by atomic mass is 10.1. The second kappa shape index (κ2) is 7.04. The Morgan fingerprint density at radius 3 is 2.36 bits per heavy atom. The molecule has 130 valence electrons. The van der Waals surface area contributed by atoms with Gasteiger partial charge in [0.1, 0.15) is 5.60 Å². The summed E-state index contributed by atoms with van der Waals surface area (Å²) in [7, 11) is 0. The Morgan fingerprint density at radius 2 is 1.91 bits per heavy atom. The first-order valence-electron chi connectivity index (χ1n) is 7.34. The molecule has 22 heavy (non-hydrogen) atoms. The van der Waals surface area contributed by atoms with Crippen molar-refractivity contribution in [1.82, 2.24) is 9.80 Å². The van der Waals surface area contributed by atoms with Crippen molar-refractivity contribution in [2.24, 2.45) is 0 Å². The van der Waals surface area contributed by atoms with Crippen molar-refractivity contribution in [2.45, 2.75) is 58.0 Å². The molecule has 0 aliphatic carbocycles. The van der Waals surface area contributed by atoms with Crippen LogP contribution in [0.1, 0.15) is 34.1 Å². The van der Waals surface area contributed by atoms with E-state index in [1.807, 2.05) is 6.92 Å². The monoisotopic (exact) mass is 326 g/mol. The fraction of sp³-hybridized carbons (Fsp3) is 0.929. The van der Waals surface area contributed by atoms with Gasteiger partial charge in [0.05, 0.1) is 12.5 Å². The third kappa shape index (κ3) is 6.83. The number of β-amino-alcohol motifs (C(OH)–C–C–N with tert-alkyl or cyclic N) is 1. The highest BCUT2D eigenvalue weighted by Gasteiger charge is 2.34. The van der Waals surface area contributed by atoms with Crippen molar-refractivity contribution in [3.05, 3.63) is 0 Å². The summed E-state index contributed by atoms with van der Waals surface area (Å²) in [6, 6.07) is -0.179. The molecule has 0 aromatic carbocycles. The molecule has 1 fully saturated rings. The topological polar surface area (TPSA) is 53.0 Å². The van der Waals surface area contributed by atoms with Crippen LogP contribution in [0.15, 0.2) is 0 Å². The number of carbonyl (C=O) groups is 1. The second-order valence-electron chi connectivity index (χ2n) is 6.76. The quantitative estimate of drug-likeness (QED) is 0.864. The molecule has 1 N–H and O–H groups in total. The summed E-state index contributed by atoms with van der Waals surface area (Å²) < 4.78 is 41.9. The van der Waals surface area contributed by atoms with Crippen LogP contribution in [0.3, 0.4) is 0 Å². The molecule has 1 aliphatic heterocycles. The largest absolute Gasteiger partial charge is 0.444 e. The number of alkyl halides is 3. The van der Waals surface area contributed by atoms with Gasteiger partial charge in [0.25, 0.3) is 0 Å². The third-order valence-electron chi connectivity index (χ3n) is 3.28. The highest BCUT2D eigenvalue weighted by atomic mass is 19.4. The molecule has 0 unspecified atom stereocenters. The van der Waals surface area contributed by atoms with Crippen molar-refractivity contribution in [2.75, 3.05) is 26.2 Å². The van der Waals surface area contributed by atoms with Gasteiger partial charge >= 0.3 is 12.3 Å². The zero-order valence-corrected chi connectivity index (χ0v) is 13.5. The van der Waals surface area contributed by atoms with Gasteiger partial charge in [-0.05, 0) is 27.7 Å². The molecule has 0 radical (unpaired) electrons. The Morgan fingerprint density at radius 1 is 1.32 bits per heavy atom. The van der Waals surface area contributed by atoms with E-state index < -0.39 is 30.4 Å². The van der Waals surface area contributed by atoms with E-state index >= 15 is 0 Å². The van der Waals surface area contributed by atoms with E-state index in [0.29, 0.717) is 19.6 Å². The van der Waals surface area contributed by atoms with Gasteiger partial charge in [-0.15, -0.1) is 0 Å². The van der Waals surface area contributed by atoms with E-state index in [-0.39, 0.29) is 12.6 Å². The van der Waals surface area contributed by atoms with Crippen LogP contribution >= 0.6 is 0 Å². The number of halogens is 3. The number of hydrogen-bond donors (Lipinski definition) is 1. The fourth-order valence-corrected chi connectivity index (χ4v) is 2.42. The van der Waals surface area contributed by atoms with Crippen LogP contribution in [-0.4, -0.2) is 71.1 Å². The first kappa shape index (κ1) is 19.0. The first-order valence-corrected chi connectivity index (χ1v) is 7.34. The molecule has 1 saturated heterocycles. The predicted octanol–water partition coefficient (Wildman–Crippen LogP) is 2.24. The average Bonchev–Trinajstić information content (AvgIpc) is 2.23. The van der Waals surface area contributed by atoms with Gasteiger partial charge in [0.2, 0.25) is 0 Å². The molecule has 1 heterocycles. The molecule has 1 amide bonds. The molecule has 0 bridgehead atoms. The van der Waals surface area contributed by atoms with Crippen molar-refractivity contribution in [3.63, 3.8) is 0 Å². The number of nitrogens with zero attached hydrogens (tertiary/aromatic N) is 2. The van der Waals surface area contributed by atoms with Gasteiger partial charge in [0, 0.05) is 32.2 Å². The van der Waals surface area contributed by atoms with E-state index in [1.54, 1.807) is 30.6 Å². The van der Waals surface area contributed by atoms with Gasteiger partial charge in [-0.25, -0.2) is 4.79 Å². The minimum Gasteiger partial charge on any atom is -0.444 e. The van der Waals surface area contributed by atoms with Crippen LogP contribution < -0.4 is 0 Å². The number of rotatable bonds is 3. The highest BCUT2D eigenvalue weighted by molar-refractivity contribution is 5.68. The average molecular weight is 326 g/mol. The molecule has 1 rings (SSSR count). The lowest BCUT2D eigenvalue weighted by molar-refractivity contribution is -0.155. The maximum absolute atomic E-state index is 12.2. The van der Waals surface area contributed by atoms with Crippen molar-refractivity contribution < 1.29 is 27.8 Å². The number of piperazine rings is 1. The zero-order valence-electron chi connectivity index (χ0n) is 13.5.